The van der Waals surface area contributed by atoms with Crippen molar-refractivity contribution in [2.45, 2.75) is 26.7 Å². The molecule has 2 heterocycles. The van der Waals surface area contributed by atoms with Crippen LogP contribution >= 0.6 is 0 Å². The fourth-order valence-corrected chi connectivity index (χ4v) is 3.91. The molecule has 1 aromatic carbocycles. The van der Waals surface area contributed by atoms with Gasteiger partial charge in [0.1, 0.15) is 11.7 Å². The molecule has 3 rings (SSSR count). The molecule has 0 radical (unpaired) electrons. The van der Waals surface area contributed by atoms with E-state index >= 15 is 0 Å². The van der Waals surface area contributed by atoms with Gasteiger partial charge in [0, 0.05) is 32.9 Å². The molecule has 0 aromatic heterocycles. The fraction of sp³-hybridized carbons (Fsp3) is 0.381. The Bertz CT molecular complexity index is 915. The number of nitrogens with zero attached hydrogens (tertiary/aromatic N) is 2. The first-order valence-corrected chi connectivity index (χ1v) is 9.65. The SMILES string of the molecule is CCOC(=O)[C@H]1C(=O)NC(=O)C(=C2N(C(C)=O)CCN2C(C)=O)[C@@H]1c1ccccc1. The Kier molecular flexibility index (Phi) is 6.00. The smallest absolute Gasteiger partial charge is 0.319 e. The second kappa shape index (κ2) is 8.48. The number of ether oxygens (including phenoxy) is 1. The van der Waals surface area contributed by atoms with E-state index in [9.17, 15) is 24.0 Å². The highest BCUT2D eigenvalue weighted by Gasteiger charge is 2.49. The molecule has 0 spiro atoms. The van der Waals surface area contributed by atoms with E-state index in [4.69, 9.17) is 4.74 Å². The van der Waals surface area contributed by atoms with Crippen LogP contribution in [-0.2, 0) is 28.7 Å². The minimum absolute atomic E-state index is 0.0155. The van der Waals surface area contributed by atoms with Gasteiger partial charge in [0.2, 0.25) is 17.7 Å². The third kappa shape index (κ3) is 3.70. The van der Waals surface area contributed by atoms with Gasteiger partial charge < -0.3 is 4.74 Å². The Morgan fingerprint density at radius 1 is 1.03 bits per heavy atom. The number of piperidine rings is 1. The van der Waals surface area contributed by atoms with Crippen molar-refractivity contribution in [3.8, 4) is 0 Å². The third-order valence-electron chi connectivity index (χ3n) is 5.17. The quantitative estimate of drug-likeness (QED) is 0.335. The molecule has 9 nitrogen and oxygen atoms in total. The molecule has 2 aliphatic rings. The first-order chi connectivity index (χ1) is 14.3. The van der Waals surface area contributed by atoms with Gasteiger partial charge in [0.15, 0.2) is 0 Å². The maximum atomic E-state index is 13.0. The summed E-state index contributed by atoms with van der Waals surface area (Å²) in [5, 5.41) is 2.20. The van der Waals surface area contributed by atoms with Crippen molar-refractivity contribution in [2.75, 3.05) is 19.7 Å². The van der Waals surface area contributed by atoms with Crippen LogP contribution in [-0.4, -0.2) is 59.1 Å². The van der Waals surface area contributed by atoms with Crippen molar-refractivity contribution in [2.24, 2.45) is 5.92 Å². The molecule has 4 amide bonds. The van der Waals surface area contributed by atoms with Gasteiger partial charge >= 0.3 is 5.97 Å². The van der Waals surface area contributed by atoms with Crippen LogP contribution in [0.4, 0.5) is 0 Å². The largest absolute Gasteiger partial charge is 0.465 e. The zero-order valence-electron chi connectivity index (χ0n) is 17.0. The summed E-state index contributed by atoms with van der Waals surface area (Å²) in [6.45, 7) is 4.75. The van der Waals surface area contributed by atoms with Crippen LogP contribution in [0.15, 0.2) is 41.7 Å². The summed E-state index contributed by atoms with van der Waals surface area (Å²) in [5.41, 5.74) is 0.543. The van der Waals surface area contributed by atoms with Crippen LogP contribution in [0.2, 0.25) is 0 Å². The standard InChI is InChI=1S/C21H23N3O6/c1-4-30-21(29)17-15(14-8-6-5-7-9-14)16(18(27)22-19(17)28)20-23(12(2)25)10-11-24(20)13(3)26/h5-9,15,17H,4,10-11H2,1-3H3,(H,22,27,28)/t15-,17+/m0/s1. The molecule has 0 unspecified atom stereocenters. The normalized spacial score (nSPS) is 21.6. The average Bonchev–Trinajstić information content (AvgIpc) is 3.13. The highest BCUT2D eigenvalue weighted by Crippen LogP contribution is 2.40. The highest BCUT2D eigenvalue weighted by molar-refractivity contribution is 6.16. The molecule has 1 aromatic rings. The van der Waals surface area contributed by atoms with Gasteiger partial charge in [-0.1, -0.05) is 30.3 Å². The number of rotatable bonds is 3. The van der Waals surface area contributed by atoms with Crippen LogP contribution in [0.3, 0.4) is 0 Å². The Morgan fingerprint density at radius 3 is 2.10 bits per heavy atom. The summed E-state index contributed by atoms with van der Waals surface area (Å²) in [6.07, 6.45) is 0. The van der Waals surface area contributed by atoms with E-state index in [-0.39, 0.29) is 42.9 Å². The van der Waals surface area contributed by atoms with Crippen LogP contribution in [0, 0.1) is 5.92 Å². The minimum atomic E-state index is -1.34. The maximum absolute atomic E-state index is 13.0. The van der Waals surface area contributed by atoms with E-state index in [0.717, 1.165) is 0 Å². The van der Waals surface area contributed by atoms with Crippen molar-refractivity contribution in [1.82, 2.24) is 15.1 Å². The number of nitrogens with one attached hydrogen (secondary N) is 1. The molecule has 0 saturated carbocycles. The van der Waals surface area contributed by atoms with Gasteiger partial charge in [0.25, 0.3) is 5.91 Å². The van der Waals surface area contributed by atoms with Gasteiger partial charge in [-0.25, -0.2) is 0 Å². The van der Waals surface area contributed by atoms with Gasteiger partial charge in [-0.2, -0.15) is 0 Å². The van der Waals surface area contributed by atoms with Crippen molar-refractivity contribution >= 4 is 29.6 Å². The zero-order chi connectivity index (χ0) is 22.0. The Balaban J connectivity index is 2.30. The molecule has 30 heavy (non-hydrogen) atoms. The van der Waals surface area contributed by atoms with Gasteiger partial charge in [-0.15, -0.1) is 0 Å². The van der Waals surface area contributed by atoms with E-state index in [0.29, 0.717) is 5.56 Å². The van der Waals surface area contributed by atoms with E-state index in [1.165, 1.54) is 23.6 Å². The third-order valence-corrected chi connectivity index (χ3v) is 5.17. The lowest BCUT2D eigenvalue weighted by molar-refractivity contribution is -0.154. The minimum Gasteiger partial charge on any atom is -0.465 e. The lowest BCUT2D eigenvalue weighted by Crippen LogP contribution is -2.51. The number of hydrogen-bond donors (Lipinski definition) is 1. The summed E-state index contributed by atoms with van der Waals surface area (Å²) < 4.78 is 5.10. The Labute approximate surface area is 173 Å². The predicted octanol–water partition coefficient (Wildman–Crippen LogP) is 0.528. The molecular weight excluding hydrogens is 390 g/mol. The Morgan fingerprint density at radius 2 is 1.60 bits per heavy atom. The van der Waals surface area contributed by atoms with Crippen LogP contribution in [0.5, 0.6) is 0 Å². The van der Waals surface area contributed by atoms with E-state index < -0.39 is 29.6 Å². The maximum Gasteiger partial charge on any atom is 0.319 e. The first kappa shape index (κ1) is 21.2. The van der Waals surface area contributed by atoms with Crippen molar-refractivity contribution in [3.05, 3.63) is 47.3 Å². The number of benzene rings is 1. The fourth-order valence-electron chi connectivity index (χ4n) is 3.91. The zero-order valence-corrected chi connectivity index (χ0v) is 17.0. The van der Waals surface area contributed by atoms with Crippen LogP contribution in [0.25, 0.3) is 0 Å². The molecule has 0 aliphatic carbocycles. The summed E-state index contributed by atoms with van der Waals surface area (Å²) in [4.78, 5) is 65.6. The van der Waals surface area contributed by atoms with Crippen molar-refractivity contribution in [3.63, 3.8) is 0 Å². The van der Waals surface area contributed by atoms with Crippen molar-refractivity contribution < 1.29 is 28.7 Å². The van der Waals surface area contributed by atoms with E-state index in [1.54, 1.807) is 37.3 Å². The number of imide groups is 1. The lowest BCUT2D eigenvalue weighted by Gasteiger charge is -2.34. The lowest BCUT2D eigenvalue weighted by atomic mass is 9.76. The molecule has 158 valence electrons. The average molecular weight is 413 g/mol. The molecule has 2 aliphatic heterocycles. The number of carbonyl (C=O) groups excluding carboxylic acids is 5. The summed E-state index contributed by atoms with van der Waals surface area (Å²) in [6, 6.07) is 8.58. The first-order valence-electron chi connectivity index (χ1n) is 9.65. The van der Waals surface area contributed by atoms with Crippen LogP contribution < -0.4 is 5.32 Å². The summed E-state index contributed by atoms with van der Waals surface area (Å²) in [7, 11) is 0. The molecule has 2 fully saturated rings. The molecule has 2 saturated heterocycles. The second-order valence-electron chi connectivity index (χ2n) is 7.02. The van der Waals surface area contributed by atoms with Gasteiger partial charge in [-0.05, 0) is 12.5 Å². The topological polar surface area (TPSA) is 113 Å². The number of esters is 1. The second-order valence-corrected chi connectivity index (χ2v) is 7.02. The molecular formula is C21H23N3O6. The Hall–Kier alpha value is -3.49. The molecule has 9 heteroatoms. The summed E-state index contributed by atoms with van der Waals surface area (Å²) >= 11 is 0. The summed E-state index contributed by atoms with van der Waals surface area (Å²) in [5.74, 6) is -5.27. The number of hydrogen-bond acceptors (Lipinski definition) is 6. The van der Waals surface area contributed by atoms with Crippen LogP contribution in [0.1, 0.15) is 32.3 Å². The van der Waals surface area contributed by atoms with Crippen molar-refractivity contribution in [1.29, 1.82) is 0 Å². The monoisotopic (exact) mass is 413 g/mol. The molecule has 0 bridgehead atoms. The predicted molar refractivity (Wildman–Crippen MR) is 104 cm³/mol. The van der Waals surface area contributed by atoms with Gasteiger partial charge in [-0.3, -0.25) is 39.1 Å². The van der Waals surface area contributed by atoms with Gasteiger partial charge in [0.05, 0.1) is 12.2 Å². The number of amides is 4. The highest BCUT2D eigenvalue weighted by atomic mass is 16.5. The molecule has 2 atom stereocenters. The van der Waals surface area contributed by atoms with E-state index in [2.05, 4.69) is 5.32 Å². The number of carbonyl (C=O) groups is 5. The van der Waals surface area contributed by atoms with E-state index in [1.807, 2.05) is 0 Å². The molecule has 1 N–H and O–H groups in total.